The first-order valence-electron chi connectivity index (χ1n) is 20.4. The number of aryl methyl sites for hydroxylation is 2. The molecule has 5 aromatic carbocycles. The molecule has 0 amide bonds. The molecule has 0 N–H and O–H groups in total. The van der Waals surface area contributed by atoms with E-state index in [9.17, 15) is 0 Å². The smallest absolute Gasteiger partial charge is 0 e. The summed E-state index contributed by atoms with van der Waals surface area (Å²) in [7, 11) is 0. The van der Waals surface area contributed by atoms with E-state index in [0.717, 1.165) is 60.2 Å². The third kappa shape index (κ3) is 7.94. The minimum Gasteiger partial charge on any atom is 0 e. The van der Waals surface area contributed by atoms with Gasteiger partial charge in [0.1, 0.15) is 4.83 Å². The zero-order valence-corrected chi connectivity index (χ0v) is 37.5. The quantitative estimate of drug-likeness (QED) is 0.123. The van der Waals surface area contributed by atoms with Gasteiger partial charge < -0.3 is 4.57 Å². The summed E-state index contributed by atoms with van der Waals surface area (Å²) < 4.78 is 35.5. The number of rotatable bonds is 6. The van der Waals surface area contributed by atoms with E-state index in [2.05, 4.69) is 124 Å². The average Bonchev–Trinajstić information content (AvgIpc) is 3.79. The summed E-state index contributed by atoms with van der Waals surface area (Å²) in [5, 5.41) is 2.38. The topological polar surface area (TPSA) is 43.6 Å². The molecular formula is C49H44GeIrN4S-2. The summed E-state index contributed by atoms with van der Waals surface area (Å²) in [4.78, 5) is 15.5. The Morgan fingerprint density at radius 3 is 2.27 bits per heavy atom. The van der Waals surface area contributed by atoms with Crippen LogP contribution in [0.5, 0.6) is 0 Å². The molecule has 4 heterocycles. The zero-order valence-electron chi connectivity index (χ0n) is 36.2. The molecule has 0 unspecified atom stereocenters. The van der Waals surface area contributed by atoms with Crippen molar-refractivity contribution in [2.45, 2.75) is 50.8 Å². The van der Waals surface area contributed by atoms with Crippen molar-refractivity contribution in [1.29, 1.82) is 0 Å². The predicted molar refractivity (Wildman–Crippen MR) is 237 cm³/mol. The number of imidazole rings is 1. The van der Waals surface area contributed by atoms with Crippen molar-refractivity contribution in [1.82, 2.24) is 19.5 Å². The Bertz CT molecular complexity index is 2950. The Hall–Kier alpha value is -4.72. The van der Waals surface area contributed by atoms with Crippen LogP contribution in [0.1, 0.15) is 42.0 Å². The summed E-state index contributed by atoms with van der Waals surface area (Å²) in [6.45, 7) is 3.70. The Kier molecular flexibility index (Phi) is 10.1. The third-order valence-electron chi connectivity index (χ3n) is 9.79. The fourth-order valence-corrected chi connectivity index (χ4v) is 11.5. The first-order chi connectivity index (χ1) is 28.1. The van der Waals surface area contributed by atoms with E-state index in [1.807, 2.05) is 51.2 Å². The van der Waals surface area contributed by atoms with Crippen molar-refractivity contribution in [2.75, 3.05) is 0 Å². The van der Waals surface area contributed by atoms with Gasteiger partial charge in [0.2, 0.25) is 0 Å². The number of hydrogen-bond donors (Lipinski definition) is 0. The number of thiophene rings is 1. The second-order valence-corrected chi connectivity index (χ2v) is 26.6. The maximum absolute atomic E-state index is 8.49. The fourth-order valence-electron chi connectivity index (χ4n) is 6.97. The molecule has 0 bridgehead atoms. The van der Waals surface area contributed by atoms with Crippen molar-refractivity contribution >= 4 is 60.3 Å². The molecule has 9 aromatic rings. The number of para-hydroxylation sites is 2. The molecule has 4 nitrogen and oxygen atoms in total. The van der Waals surface area contributed by atoms with Crippen LogP contribution >= 0.6 is 11.3 Å². The first-order valence-corrected chi connectivity index (χ1v) is 26.6. The normalized spacial score (nSPS) is 13.0. The number of aromatic nitrogens is 4. The summed E-state index contributed by atoms with van der Waals surface area (Å²) in [6.07, 6.45) is 1.91. The van der Waals surface area contributed by atoms with Gasteiger partial charge in [-0.3, -0.25) is 4.98 Å². The fraction of sp³-hybridized carbons (Fsp3) is 0.163. The van der Waals surface area contributed by atoms with Crippen molar-refractivity contribution in [3.8, 4) is 39.5 Å². The molecule has 0 fully saturated rings. The second-order valence-electron chi connectivity index (χ2n) is 15.0. The van der Waals surface area contributed by atoms with E-state index in [0.29, 0.717) is 0 Å². The molecule has 0 saturated heterocycles. The molecule has 4 aromatic heterocycles. The monoisotopic (exact) mass is 991 g/mol. The van der Waals surface area contributed by atoms with Crippen LogP contribution in [0.2, 0.25) is 17.3 Å². The number of fused-ring (bicyclic) bond motifs is 4. The van der Waals surface area contributed by atoms with E-state index in [-0.39, 0.29) is 25.7 Å². The second kappa shape index (κ2) is 16.4. The molecule has 281 valence electrons. The van der Waals surface area contributed by atoms with Crippen molar-refractivity contribution < 1.29 is 25.6 Å². The Balaban J connectivity index is 0.000000193. The van der Waals surface area contributed by atoms with Crippen LogP contribution in [0.15, 0.2) is 134 Å². The summed E-state index contributed by atoms with van der Waals surface area (Å²) in [6, 6.07) is 49.2. The van der Waals surface area contributed by atoms with Gasteiger partial charge in [0.15, 0.2) is 0 Å². The molecule has 0 spiro atoms. The number of benzene rings is 5. The Labute approximate surface area is 356 Å². The van der Waals surface area contributed by atoms with Gasteiger partial charge in [-0.2, -0.15) is 11.3 Å². The van der Waals surface area contributed by atoms with Gasteiger partial charge in [-0.05, 0) is 58.5 Å². The standard InChI is InChI=1S/C31H20N3S.C18H24GeN.Ir/c1-20-14-19-25-24-10-7-11-26(29(24)35-31(25)32-20)30-33-27-12-5-6-13-28(27)34(30)23-17-15-22(16-18-23)21-8-3-2-4-9-21;1-13(2)16-11-18(15-9-7-14(3)8-10-15)20-12-17(16)19(4,5)6;/h2-10,12-19H,1H3;7-9,11-13H,1-6H3;/q2*-1;/i;3D3,13D;. The molecule has 7 heteroatoms. The molecule has 0 aliphatic rings. The molecule has 9 rings (SSSR count). The molecule has 56 heavy (non-hydrogen) atoms. The maximum atomic E-state index is 8.49. The average molecular weight is 990 g/mol. The number of nitrogens with zero attached hydrogens (tertiary/aromatic N) is 4. The van der Waals surface area contributed by atoms with Crippen LogP contribution in [-0.2, 0) is 20.1 Å². The Morgan fingerprint density at radius 2 is 1.55 bits per heavy atom. The van der Waals surface area contributed by atoms with Gasteiger partial charge in [0.05, 0.1) is 16.9 Å². The van der Waals surface area contributed by atoms with Crippen molar-refractivity contribution in [2.24, 2.45) is 0 Å². The molecule has 1 radical (unpaired) electrons. The summed E-state index contributed by atoms with van der Waals surface area (Å²) in [5.41, 5.74) is 10.3. The van der Waals surface area contributed by atoms with E-state index < -0.39 is 26.0 Å². The molecule has 0 aliphatic carbocycles. The summed E-state index contributed by atoms with van der Waals surface area (Å²) >= 11 is -0.426. The molecule has 0 saturated carbocycles. The minimum atomic E-state index is -2.14. The maximum Gasteiger partial charge on any atom is 0 e. The number of pyridine rings is 2. The van der Waals surface area contributed by atoms with Gasteiger partial charge in [-0.25, -0.2) is 4.98 Å². The van der Waals surface area contributed by atoms with Crippen LogP contribution in [-0.4, -0.2) is 32.8 Å². The van der Waals surface area contributed by atoms with E-state index in [4.69, 9.17) is 15.5 Å². The van der Waals surface area contributed by atoms with Gasteiger partial charge in [-0.15, -0.1) is 18.2 Å². The number of hydrogen-bond acceptors (Lipinski definition) is 4. The van der Waals surface area contributed by atoms with Crippen molar-refractivity contribution in [3.05, 3.63) is 163 Å². The predicted octanol–water partition coefficient (Wildman–Crippen LogP) is 12.8. The van der Waals surface area contributed by atoms with Crippen LogP contribution in [0.4, 0.5) is 0 Å². The first kappa shape index (κ1) is 34.5. The Morgan fingerprint density at radius 1 is 0.804 bits per heavy atom. The molecular weight excluding hydrogens is 941 g/mol. The van der Waals surface area contributed by atoms with Gasteiger partial charge in [-0.1, -0.05) is 71.6 Å². The third-order valence-corrected chi connectivity index (χ3v) is 15.2. The minimum absolute atomic E-state index is 0. The van der Waals surface area contributed by atoms with E-state index >= 15 is 0 Å². The molecule has 0 aliphatic heterocycles. The largest absolute Gasteiger partial charge is 0 e. The van der Waals surface area contributed by atoms with Crippen LogP contribution in [0.3, 0.4) is 0 Å². The molecule has 0 atom stereocenters. The SMILES string of the molecule is Cc1ccc2c(n1)sc1c(-c3nc4ccccc4n3-c3ccc(-c4ccccc4)cc3)[c-]ccc12.[2H]C([2H])([2H])c1c[c-]c(-c2cc(C([2H])(C)C)[c]([Ge]([CH3])([CH3])[CH3])cn2)cc1.[Ir]. The summed E-state index contributed by atoms with van der Waals surface area (Å²) in [5.74, 6) is 7.08. The van der Waals surface area contributed by atoms with Crippen molar-refractivity contribution in [3.63, 3.8) is 0 Å². The van der Waals surface area contributed by atoms with Gasteiger partial charge >= 0.3 is 131 Å². The van der Waals surface area contributed by atoms with E-state index in [1.54, 1.807) is 23.5 Å². The van der Waals surface area contributed by atoms with Crippen LogP contribution in [0, 0.1) is 25.9 Å². The zero-order chi connectivity index (χ0) is 41.7. The van der Waals surface area contributed by atoms with Gasteiger partial charge in [0, 0.05) is 31.5 Å². The van der Waals surface area contributed by atoms with Crippen LogP contribution in [0.25, 0.3) is 70.8 Å². The van der Waals surface area contributed by atoms with E-state index in [1.165, 1.54) is 32.4 Å². The van der Waals surface area contributed by atoms with Gasteiger partial charge in [0.25, 0.3) is 0 Å². The van der Waals surface area contributed by atoms with Crippen LogP contribution < -0.4 is 4.40 Å².